The van der Waals surface area contributed by atoms with E-state index in [0.717, 1.165) is 49.8 Å². The van der Waals surface area contributed by atoms with Crippen molar-refractivity contribution in [2.45, 2.75) is 51.0 Å². The molecule has 2 aromatic rings. The maximum atomic E-state index is 13.3. The second kappa shape index (κ2) is 11.5. The normalized spacial score (nSPS) is 19.4. The number of hydrogen-bond acceptors (Lipinski definition) is 4. The van der Waals surface area contributed by atoms with Gasteiger partial charge in [-0.1, -0.05) is 0 Å². The number of rotatable bonds is 9. The number of halogens is 1. The van der Waals surface area contributed by atoms with Gasteiger partial charge in [0.25, 0.3) is 5.91 Å². The summed E-state index contributed by atoms with van der Waals surface area (Å²) in [6, 6.07) is 5.39. The van der Waals surface area contributed by atoms with E-state index in [-0.39, 0.29) is 31.4 Å². The number of fused-ring (bicyclic) bond motifs is 3. The Morgan fingerprint density at radius 1 is 1.26 bits per heavy atom. The zero-order valence-electron chi connectivity index (χ0n) is 20.9. The van der Waals surface area contributed by atoms with E-state index in [1.165, 1.54) is 22.6 Å². The number of likely N-dealkylation sites (N-methyl/N-ethyl adjacent to an activating group) is 1. The fraction of sp³-hybridized carbons (Fsp3) is 0.630. The number of nitrogens with zero attached hydrogens (tertiary/aromatic N) is 2. The number of carbonyl (C=O) groups excluding carboxylic acids is 2. The molecule has 1 fully saturated rings. The van der Waals surface area contributed by atoms with Crippen LogP contribution in [-0.4, -0.2) is 72.5 Å². The van der Waals surface area contributed by atoms with E-state index in [0.29, 0.717) is 23.8 Å². The van der Waals surface area contributed by atoms with Crippen molar-refractivity contribution in [2.24, 2.45) is 18.9 Å². The molecule has 0 radical (unpaired) electrons. The highest BCUT2D eigenvalue weighted by atomic mass is 19.1. The third kappa shape index (κ3) is 5.54. The SMILES string of the molecule is CN(C(=O)c1ccc2c(c1)c1c(n2C)CC[C@H](C2CCOCC2)C1)[C@@H](CO)CCC(=O)NCCF. The Bertz CT molecular complexity index is 1050. The van der Waals surface area contributed by atoms with E-state index in [2.05, 4.69) is 16.9 Å². The second-order valence-corrected chi connectivity index (χ2v) is 10.00. The van der Waals surface area contributed by atoms with Crippen LogP contribution in [-0.2, 0) is 29.4 Å². The minimum atomic E-state index is -0.616. The lowest BCUT2D eigenvalue weighted by atomic mass is 9.75. The summed E-state index contributed by atoms with van der Waals surface area (Å²) in [4.78, 5) is 26.7. The van der Waals surface area contributed by atoms with E-state index >= 15 is 0 Å². The Hall–Kier alpha value is -2.45. The summed E-state index contributed by atoms with van der Waals surface area (Å²) in [5.41, 5.74) is 4.46. The molecule has 0 bridgehead atoms. The smallest absolute Gasteiger partial charge is 0.253 e. The van der Waals surface area contributed by atoms with Crippen molar-refractivity contribution in [3.63, 3.8) is 0 Å². The molecule has 192 valence electrons. The number of aliphatic hydroxyl groups is 1. The Morgan fingerprint density at radius 2 is 2.03 bits per heavy atom. The fourth-order valence-corrected chi connectivity index (χ4v) is 5.88. The first-order valence-electron chi connectivity index (χ1n) is 12.8. The molecule has 2 amide bonds. The van der Waals surface area contributed by atoms with Gasteiger partial charge < -0.3 is 24.6 Å². The Kier molecular flexibility index (Phi) is 8.44. The molecule has 7 nitrogen and oxygen atoms in total. The monoisotopic (exact) mass is 487 g/mol. The van der Waals surface area contributed by atoms with Crippen molar-refractivity contribution >= 4 is 22.7 Å². The molecule has 2 aliphatic rings. The van der Waals surface area contributed by atoms with Crippen LogP contribution in [0.1, 0.15) is 53.7 Å². The molecule has 2 N–H and O–H groups in total. The van der Waals surface area contributed by atoms with Crippen molar-refractivity contribution in [1.29, 1.82) is 0 Å². The van der Waals surface area contributed by atoms with Gasteiger partial charge in [0.15, 0.2) is 0 Å². The van der Waals surface area contributed by atoms with Crippen LogP contribution in [0.15, 0.2) is 18.2 Å². The quantitative estimate of drug-likeness (QED) is 0.570. The zero-order chi connectivity index (χ0) is 24.9. The number of benzene rings is 1. The van der Waals surface area contributed by atoms with Gasteiger partial charge in [0.05, 0.1) is 12.6 Å². The maximum Gasteiger partial charge on any atom is 0.253 e. The van der Waals surface area contributed by atoms with Gasteiger partial charge in [-0.15, -0.1) is 0 Å². The molecule has 2 atom stereocenters. The minimum absolute atomic E-state index is 0.0197. The highest BCUT2D eigenvalue weighted by Gasteiger charge is 2.31. The molecule has 0 unspecified atom stereocenters. The largest absolute Gasteiger partial charge is 0.394 e. The molecule has 4 rings (SSSR count). The van der Waals surface area contributed by atoms with Gasteiger partial charge in [0, 0.05) is 62.4 Å². The number of aromatic nitrogens is 1. The van der Waals surface area contributed by atoms with Crippen molar-refractivity contribution < 1.29 is 23.8 Å². The van der Waals surface area contributed by atoms with E-state index in [9.17, 15) is 19.1 Å². The van der Waals surface area contributed by atoms with Gasteiger partial charge in [-0.2, -0.15) is 0 Å². The average molecular weight is 488 g/mol. The highest BCUT2D eigenvalue weighted by molar-refractivity contribution is 5.99. The molecule has 1 aliphatic heterocycles. The molecule has 2 heterocycles. The van der Waals surface area contributed by atoms with Gasteiger partial charge >= 0.3 is 0 Å². The Morgan fingerprint density at radius 3 is 2.74 bits per heavy atom. The van der Waals surface area contributed by atoms with Gasteiger partial charge in [-0.3, -0.25) is 9.59 Å². The maximum absolute atomic E-state index is 13.3. The molecule has 8 heteroatoms. The van der Waals surface area contributed by atoms with Crippen LogP contribution in [0.5, 0.6) is 0 Å². The first-order chi connectivity index (χ1) is 16.9. The Labute approximate surface area is 206 Å². The first kappa shape index (κ1) is 25.6. The van der Waals surface area contributed by atoms with Crippen LogP contribution in [0.2, 0.25) is 0 Å². The topological polar surface area (TPSA) is 83.8 Å². The summed E-state index contributed by atoms with van der Waals surface area (Å²) in [5, 5.41) is 13.5. The molecule has 1 aliphatic carbocycles. The predicted molar refractivity (Wildman–Crippen MR) is 133 cm³/mol. The van der Waals surface area contributed by atoms with E-state index in [1.54, 1.807) is 7.05 Å². The number of amides is 2. The summed E-state index contributed by atoms with van der Waals surface area (Å²) in [6.45, 7) is 0.841. The first-order valence-corrected chi connectivity index (χ1v) is 12.8. The number of hydrogen-bond donors (Lipinski definition) is 2. The van der Waals surface area contributed by atoms with Gasteiger partial charge in [0.2, 0.25) is 5.91 Å². The summed E-state index contributed by atoms with van der Waals surface area (Å²) < 4.78 is 20.1. The van der Waals surface area contributed by atoms with Crippen LogP contribution in [0, 0.1) is 11.8 Å². The summed E-state index contributed by atoms with van der Waals surface area (Å²) in [6.07, 6.45) is 6.00. The van der Waals surface area contributed by atoms with Crippen LogP contribution in [0.4, 0.5) is 4.39 Å². The lowest BCUT2D eigenvalue weighted by Gasteiger charge is -2.33. The van der Waals surface area contributed by atoms with Gasteiger partial charge in [-0.25, -0.2) is 4.39 Å². The van der Waals surface area contributed by atoms with Crippen LogP contribution in [0.25, 0.3) is 10.9 Å². The van der Waals surface area contributed by atoms with Crippen LogP contribution >= 0.6 is 0 Å². The summed E-state index contributed by atoms with van der Waals surface area (Å²) in [7, 11) is 3.77. The number of alkyl halides is 1. The molecule has 1 aromatic carbocycles. The molecule has 0 saturated carbocycles. The molecule has 1 aromatic heterocycles. The van der Waals surface area contributed by atoms with Crippen LogP contribution < -0.4 is 5.32 Å². The molecule has 1 saturated heterocycles. The number of nitrogens with one attached hydrogen (secondary N) is 1. The number of ether oxygens (including phenoxy) is 1. The van der Waals surface area contributed by atoms with Crippen molar-refractivity contribution in [3.8, 4) is 0 Å². The molecular formula is C27H38FN3O4. The molecule has 35 heavy (non-hydrogen) atoms. The average Bonchev–Trinajstić information content (AvgIpc) is 3.18. The summed E-state index contributed by atoms with van der Waals surface area (Å²) >= 11 is 0. The minimum Gasteiger partial charge on any atom is -0.394 e. The lowest BCUT2D eigenvalue weighted by molar-refractivity contribution is -0.121. The van der Waals surface area contributed by atoms with Gasteiger partial charge in [-0.05, 0) is 74.1 Å². The number of aryl methyl sites for hydroxylation is 1. The van der Waals surface area contributed by atoms with Crippen molar-refractivity contribution in [1.82, 2.24) is 14.8 Å². The zero-order valence-corrected chi connectivity index (χ0v) is 20.9. The molecular weight excluding hydrogens is 449 g/mol. The van der Waals surface area contributed by atoms with E-state index in [1.807, 2.05) is 18.2 Å². The van der Waals surface area contributed by atoms with Crippen molar-refractivity contribution in [3.05, 3.63) is 35.0 Å². The standard InChI is InChI=1S/C27H38FN3O4/c1-30(21(17-32)5-8-26(33)29-12-11-28)27(34)20-4-7-25-23(16-20)22-15-19(3-6-24(22)31(25)2)18-9-13-35-14-10-18/h4,7,16,18-19,21,32H,3,5-6,8-15,17H2,1-2H3,(H,29,33)/t19-,21+/m0/s1. The predicted octanol–water partition coefficient (Wildman–Crippen LogP) is 3.01. The van der Waals surface area contributed by atoms with E-state index in [4.69, 9.17) is 4.74 Å². The third-order valence-corrected chi connectivity index (χ3v) is 8.03. The van der Waals surface area contributed by atoms with Crippen molar-refractivity contribution in [2.75, 3.05) is 40.1 Å². The van der Waals surface area contributed by atoms with E-state index < -0.39 is 12.7 Å². The summed E-state index contributed by atoms with van der Waals surface area (Å²) in [5.74, 6) is 0.903. The highest BCUT2D eigenvalue weighted by Crippen LogP contribution is 2.39. The molecule has 0 spiro atoms. The second-order valence-electron chi connectivity index (χ2n) is 10.00. The number of carbonyl (C=O) groups is 2. The number of aliphatic hydroxyl groups excluding tert-OH is 1. The van der Waals surface area contributed by atoms with Crippen LogP contribution in [0.3, 0.4) is 0 Å². The van der Waals surface area contributed by atoms with Gasteiger partial charge in [0.1, 0.15) is 6.67 Å². The lowest BCUT2D eigenvalue weighted by Crippen LogP contribution is -2.40. The third-order valence-electron chi connectivity index (χ3n) is 8.03. The fourth-order valence-electron chi connectivity index (χ4n) is 5.88. The Balaban J connectivity index is 1.51.